The Kier molecular flexibility index (Phi) is 5.65. The number of halogens is 2. The molecule has 0 saturated carbocycles. The molecule has 24 heavy (non-hydrogen) atoms. The quantitative estimate of drug-likeness (QED) is 0.637. The Balaban J connectivity index is 1.54. The lowest BCUT2D eigenvalue weighted by molar-refractivity contribution is 0.0160. The van der Waals surface area contributed by atoms with Crippen LogP contribution in [0.5, 0.6) is 0 Å². The molecule has 1 aromatic heterocycles. The Morgan fingerprint density at radius 3 is 2.96 bits per heavy atom. The van der Waals surface area contributed by atoms with Crippen LogP contribution in [0.2, 0.25) is 0 Å². The molecule has 2 heterocycles. The van der Waals surface area contributed by atoms with Crippen LogP contribution in [0.1, 0.15) is 25.2 Å². The smallest absolute Gasteiger partial charge is 0.262 e. The Morgan fingerprint density at radius 1 is 1.42 bits per heavy atom. The highest BCUT2D eigenvalue weighted by Crippen LogP contribution is 2.19. The van der Waals surface area contributed by atoms with Gasteiger partial charge in [-0.3, -0.25) is 0 Å². The third-order valence-electron chi connectivity index (χ3n) is 3.88. The van der Waals surface area contributed by atoms with E-state index in [0.29, 0.717) is 6.54 Å². The third kappa shape index (κ3) is 4.23. The fourth-order valence-electron chi connectivity index (χ4n) is 2.71. The summed E-state index contributed by atoms with van der Waals surface area (Å²) in [6.45, 7) is 2.55. The number of hydrogen-bond acceptors (Lipinski definition) is 6. The summed E-state index contributed by atoms with van der Waals surface area (Å²) in [5.41, 5.74) is 0.370. The minimum absolute atomic E-state index is 0.0152. The highest BCUT2D eigenvalue weighted by Gasteiger charge is 2.16. The Morgan fingerprint density at radius 2 is 2.21 bits per heavy atom. The summed E-state index contributed by atoms with van der Waals surface area (Å²) in [6, 6.07) is 4.39. The van der Waals surface area contributed by atoms with E-state index in [9.17, 15) is 9.50 Å². The number of β-amino-alcohol motifs (C(OH)–C–C–N with tert-alkyl or cyclic N) is 1. The normalized spacial score (nSPS) is 18.0. The van der Waals surface area contributed by atoms with Gasteiger partial charge in [0.05, 0.1) is 0 Å². The summed E-state index contributed by atoms with van der Waals surface area (Å²) in [5.74, 6) is -0.521. The standard InChI is InChI=1S/C16H19ClFN3O3/c17-15(16-19-14-12(18)5-4-6-13(14)24-16)20-23-10-11(22)9-21-7-2-1-3-8-21/h4-6,11,22H,1-3,7-10H2/b20-15-. The number of likely N-dealkylation sites (tertiary alicyclic amines) is 1. The largest absolute Gasteiger partial charge is 0.434 e. The molecule has 1 unspecified atom stereocenters. The molecule has 2 aromatic rings. The molecule has 0 amide bonds. The SMILES string of the molecule is OC(CO/N=C(\Cl)c1nc2c(F)cccc2o1)CN1CCCCC1. The first-order valence-corrected chi connectivity index (χ1v) is 8.32. The maximum Gasteiger partial charge on any atom is 0.262 e. The molecule has 8 heteroatoms. The molecule has 0 radical (unpaired) electrons. The molecule has 0 bridgehead atoms. The summed E-state index contributed by atoms with van der Waals surface area (Å²) >= 11 is 5.96. The van der Waals surface area contributed by atoms with Crippen molar-refractivity contribution < 1.29 is 18.8 Å². The van der Waals surface area contributed by atoms with Crippen LogP contribution in [-0.2, 0) is 4.84 Å². The van der Waals surface area contributed by atoms with Crippen LogP contribution in [0, 0.1) is 5.82 Å². The molecule has 1 aliphatic heterocycles. The predicted molar refractivity (Wildman–Crippen MR) is 88.6 cm³/mol. The molecule has 1 atom stereocenters. The van der Waals surface area contributed by atoms with Crippen molar-refractivity contribution in [3.05, 3.63) is 29.9 Å². The van der Waals surface area contributed by atoms with Crippen LogP contribution < -0.4 is 0 Å². The van der Waals surface area contributed by atoms with Gasteiger partial charge in [-0.2, -0.15) is 0 Å². The van der Waals surface area contributed by atoms with E-state index in [1.807, 2.05) is 0 Å². The van der Waals surface area contributed by atoms with E-state index in [2.05, 4.69) is 15.0 Å². The molecule has 1 aromatic carbocycles. The summed E-state index contributed by atoms with van der Waals surface area (Å²) in [7, 11) is 0. The Hall–Kier alpha value is -1.70. The lowest BCUT2D eigenvalue weighted by Crippen LogP contribution is -2.38. The van der Waals surface area contributed by atoms with Crippen molar-refractivity contribution in [2.75, 3.05) is 26.2 Å². The van der Waals surface area contributed by atoms with Crippen molar-refractivity contribution in [2.45, 2.75) is 25.4 Å². The number of benzene rings is 1. The summed E-state index contributed by atoms with van der Waals surface area (Å²) < 4.78 is 18.9. The Bertz CT molecular complexity index is 716. The van der Waals surface area contributed by atoms with Gasteiger partial charge in [-0.05, 0) is 38.1 Å². The van der Waals surface area contributed by atoms with E-state index in [1.165, 1.54) is 18.6 Å². The lowest BCUT2D eigenvalue weighted by Gasteiger charge is -2.27. The monoisotopic (exact) mass is 355 g/mol. The van der Waals surface area contributed by atoms with Crippen LogP contribution in [0.25, 0.3) is 11.1 Å². The van der Waals surface area contributed by atoms with E-state index in [0.717, 1.165) is 25.9 Å². The fraction of sp³-hybridized carbons (Fsp3) is 0.500. The van der Waals surface area contributed by atoms with Crippen molar-refractivity contribution in [3.8, 4) is 0 Å². The van der Waals surface area contributed by atoms with Gasteiger partial charge in [0.25, 0.3) is 5.89 Å². The second kappa shape index (κ2) is 7.92. The summed E-state index contributed by atoms with van der Waals surface area (Å²) in [6.07, 6.45) is 2.91. The average Bonchev–Trinajstić information content (AvgIpc) is 3.01. The van der Waals surface area contributed by atoms with Gasteiger partial charge in [0.2, 0.25) is 5.17 Å². The van der Waals surface area contributed by atoms with E-state index in [-0.39, 0.29) is 28.8 Å². The van der Waals surface area contributed by atoms with E-state index < -0.39 is 11.9 Å². The first kappa shape index (κ1) is 17.1. The van der Waals surface area contributed by atoms with Gasteiger partial charge in [-0.15, -0.1) is 0 Å². The molecule has 3 rings (SSSR count). The number of aromatic nitrogens is 1. The first-order chi connectivity index (χ1) is 11.6. The molecular formula is C16H19ClFN3O3. The number of oxime groups is 1. The summed E-state index contributed by atoms with van der Waals surface area (Å²) in [5, 5.41) is 13.5. The highest BCUT2D eigenvalue weighted by molar-refractivity contribution is 6.68. The number of fused-ring (bicyclic) bond motifs is 1. The van der Waals surface area contributed by atoms with Gasteiger partial charge in [0, 0.05) is 6.54 Å². The molecule has 1 N–H and O–H groups in total. The van der Waals surface area contributed by atoms with Gasteiger partial charge in [0.1, 0.15) is 18.2 Å². The number of aliphatic hydroxyl groups excluding tert-OH is 1. The molecule has 1 saturated heterocycles. The zero-order chi connectivity index (χ0) is 16.9. The van der Waals surface area contributed by atoms with Crippen molar-refractivity contribution in [3.63, 3.8) is 0 Å². The highest BCUT2D eigenvalue weighted by atomic mass is 35.5. The maximum atomic E-state index is 13.6. The number of hydrogen-bond donors (Lipinski definition) is 1. The molecular weight excluding hydrogens is 337 g/mol. The maximum absolute atomic E-state index is 13.6. The zero-order valence-electron chi connectivity index (χ0n) is 13.1. The topological polar surface area (TPSA) is 71.1 Å². The van der Waals surface area contributed by atoms with Gasteiger partial charge in [-0.25, -0.2) is 9.37 Å². The first-order valence-electron chi connectivity index (χ1n) is 7.95. The number of nitrogens with zero attached hydrogens (tertiary/aromatic N) is 3. The number of rotatable bonds is 6. The van der Waals surface area contributed by atoms with Crippen molar-refractivity contribution in [1.82, 2.24) is 9.88 Å². The molecule has 1 fully saturated rings. The average molecular weight is 356 g/mol. The van der Waals surface area contributed by atoms with Crippen LogP contribution >= 0.6 is 11.6 Å². The minimum atomic E-state index is -0.655. The molecule has 130 valence electrons. The number of aliphatic hydroxyl groups is 1. The van der Waals surface area contributed by atoms with Gasteiger partial charge in [-0.1, -0.05) is 29.2 Å². The number of para-hydroxylation sites is 1. The Labute approximate surface area is 143 Å². The third-order valence-corrected chi connectivity index (χ3v) is 4.11. The number of piperidine rings is 1. The van der Waals surface area contributed by atoms with Gasteiger partial charge < -0.3 is 19.3 Å². The molecule has 0 spiro atoms. The minimum Gasteiger partial charge on any atom is -0.434 e. The number of oxazole rings is 1. The predicted octanol–water partition coefficient (Wildman–Crippen LogP) is 2.73. The van der Waals surface area contributed by atoms with Gasteiger partial charge in [0.15, 0.2) is 11.4 Å². The van der Waals surface area contributed by atoms with Crippen LogP contribution in [0.3, 0.4) is 0 Å². The molecule has 0 aliphatic carbocycles. The second-order valence-corrected chi connectivity index (χ2v) is 6.16. The van der Waals surface area contributed by atoms with E-state index >= 15 is 0 Å². The van der Waals surface area contributed by atoms with Crippen LogP contribution in [-0.4, -0.2) is 52.5 Å². The van der Waals surface area contributed by atoms with Crippen LogP contribution in [0.15, 0.2) is 27.8 Å². The van der Waals surface area contributed by atoms with E-state index in [4.69, 9.17) is 20.9 Å². The molecule has 6 nitrogen and oxygen atoms in total. The zero-order valence-corrected chi connectivity index (χ0v) is 13.9. The van der Waals surface area contributed by atoms with Gasteiger partial charge >= 0.3 is 0 Å². The summed E-state index contributed by atoms with van der Waals surface area (Å²) in [4.78, 5) is 11.2. The van der Waals surface area contributed by atoms with Crippen molar-refractivity contribution in [1.29, 1.82) is 0 Å². The lowest BCUT2D eigenvalue weighted by atomic mass is 10.1. The van der Waals surface area contributed by atoms with Crippen LogP contribution in [0.4, 0.5) is 4.39 Å². The van der Waals surface area contributed by atoms with Crippen molar-refractivity contribution >= 4 is 27.9 Å². The fourth-order valence-corrected chi connectivity index (χ4v) is 2.84. The van der Waals surface area contributed by atoms with E-state index in [1.54, 1.807) is 6.07 Å². The van der Waals surface area contributed by atoms with Crippen molar-refractivity contribution in [2.24, 2.45) is 5.16 Å². The molecule has 1 aliphatic rings. The second-order valence-electron chi connectivity index (χ2n) is 5.80.